The van der Waals surface area contributed by atoms with Crippen LogP contribution >= 0.6 is 35.0 Å². The van der Waals surface area contributed by atoms with E-state index >= 15 is 0 Å². The quantitative estimate of drug-likeness (QED) is 0.519. The Hall–Kier alpha value is -2.79. The van der Waals surface area contributed by atoms with Crippen molar-refractivity contribution in [2.75, 3.05) is 11.5 Å². The van der Waals surface area contributed by atoms with E-state index in [9.17, 15) is 14.9 Å². The summed E-state index contributed by atoms with van der Waals surface area (Å²) >= 11 is 13.1. The van der Waals surface area contributed by atoms with Crippen molar-refractivity contribution in [3.05, 3.63) is 74.5 Å². The van der Waals surface area contributed by atoms with Gasteiger partial charge in [0.2, 0.25) is 0 Å². The van der Waals surface area contributed by atoms with E-state index in [1.165, 1.54) is 16.3 Å². The molecule has 152 valence electrons. The number of carboxylic acid groups (broad SMARTS) is 1. The van der Waals surface area contributed by atoms with Gasteiger partial charge in [-0.05, 0) is 36.4 Å². The number of nitrogens with zero attached hydrogens (tertiary/aromatic N) is 3. The summed E-state index contributed by atoms with van der Waals surface area (Å²) in [5, 5.41) is 19.5. The second-order valence-corrected chi connectivity index (χ2v) is 8.17. The largest absolute Gasteiger partial charge is 0.481 e. The molecular formula is C21H15Cl2N3O3S. The summed E-state index contributed by atoms with van der Waals surface area (Å²) in [4.78, 5) is 28.6. The average Bonchev–Trinajstić information content (AvgIpc) is 2.72. The van der Waals surface area contributed by atoms with Crippen molar-refractivity contribution in [3.8, 4) is 28.7 Å². The summed E-state index contributed by atoms with van der Waals surface area (Å²) in [7, 11) is 0. The molecule has 0 aliphatic carbocycles. The van der Waals surface area contributed by atoms with Gasteiger partial charge in [0.1, 0.15) is 17.5 Å². The third-order valence-electron chi connectivity index (χ3n) is 4.19. The van der Waals surface area contributed by atoms with Crippen LogP contribution in [0.25, 0.3) is 22.6 Å². The minimum atomic E-state index is -0.931. The van der Waals surface area contributed by atoms with E-state index in [1.807, 2.05) is 6.07 Å². The van der Waals surface area contributed by atoms with E-state index in [0.29, 0.717) is 32.7 Å². The zero-order valence-corrected chi connectivity index (χ0v) is 17.8. The lowest BCUT2D eigenvalue weighted by atomic mass is 10.1. The maximum atomic E-state index is 13.2. The third kappa shape index (κ3) is 5.03. The molecule has 0 aliphatic rings. The fraction of sp³-hybridized carbons (Fsp3) is 0.143. The predicted octanol–water partition coefficient (Wildman–Crippen LogP) is 4.57. The van der Waals surface area contributed by atoms with E-state index in [2.05, 4.69) is 4.98 Å². The van der Waals surface area contributed by atoms with Gasteiger partial charge in [-0.1, -0.05) is 35.3 Å². The molecule has 0 unspecified atom stereocenters. The molecule has 30 heavy (non-hydrogen) atoms. The van der Waals surface area contributed by atoms with Gasteiger partial charge >= 0.3 is 5.97 Å². The number of carboxylic acids is 1. The van der Waals surface area contributed by atoms with Crippen molar-refractivity contribution in [1.82, 2.24) is 9.55 Å². The zero-order chi connectivity index (χ0) is 21.7. The maximum absolute atomic E-state index is 13.2. The number of aliphatic carboxylic acids is 1. The minimum Gasteiger partial charge on any atom is -0.481 e. The molecule has 0 bridgehead atoms. The Labute approximate surface area is 186 Å². The van der Waals surface area contributed by atoms with Gasteiger partial charge in [0.05, 0.1) is 11.4 Å². The van der Waals surface area contributed by atoms with Crippen LogP contribution in [0.15, 0.2) is 53.3 Å². The summed E-state index contributed by atoms with van der Waals surface area (Å²) < 4.78 is 1.40. The molecule has 0 saturated carbocycles. The number of hydrogen-bond donors (Lipinski definition) is 1. The van der Waals surface area contributed by atoms with Gasteiger partial charge in [0.15, 0.2) is 0 Å². The Morgan fingerprint density at radius 2 is 1.63 bits per heavy atom. The second kappa shape index (κ2) is 9.81. The lowest BCUT2D eigenvalue weighted by Gasteiger charge is -2.15. The molecule has 0 amide bonds. The predicted molar refractivity (Wildman–Crippen MR) is 119 cm³/mol. The Morgan fingerprint density at radius 1 is 1.07 bits per heavy atom. The first-order valence-electron chi connectivity index (χ1n) is 8.77. The average molecular weight is 460 g/mol. The van der Waals surface area contributed by atoms with Crippen LogP contribution in [0.1, 0.15) is 5.56 Å². The zero-order valence-electron chi connectivity index (χ0n) is 15.5. The summed E-state index contributed by atoms with van der Waals surface area (Å²) in [6, 6.07) is 15.5. The third-order valence-corrected chi connectivity index (χ3v) is 5.61. The SMILES string of the molecule is N#Cc1c(-c2ccc(Cl)cc2)nc(-c2ccc(Cl)cc2)n(CCSCC(=O)O)c1=O. The molecular weight excluding hydrogens is 445 g/mol. The first kappa shape index (κ1) is 21.9. The lowest BCUT2D eigenvalue weighted by molar-refractivity contribution is -0.133. The van der Waals surface area contributed by atoms with Gasteiger partial charge in [-0.25, -0.2) is 4.98 Å². The van der Waals surface area contributed by atoms with Crippen LogP contribution in [0, 0.1) is 11.3 Å². The number of nitriles is 1. The normalized spacial score (nSPS) is 10.6. The van der Waals surface area contributed by atoms with E-state index in [-0.39, 0.29) is 23.6 Å². The van der Waals surface area contributed by atoms with Crippen molar-refractivity contribution in [1.29, 1.82) is 5.26 Å². The highest BCUT2D eigenvalue weighted by Gasteiger charge is 2.19. The molecule has 2 aromatic carbocycles. The number of aromatic nitrogens is 2. The maximum Gasteiger partial charge on any atom is 0.313 e. The first-order valence-corrected chi connectivity index (χ1v) is 10.7. The molecule has 1 heterocycles. The second-order valence-electron chi connectivity index (χ2n) is 6.19. The molecule has 0 atom stereocenters. The molecule has 0 radical (unpaired) electrons. The van der Waals surface area contributed by atoms with Gasteiger partial charge in [-0.2, -0.15) is 5.26 Å². The van der Waals surface area contributed by atoms with Gasteiger partial charge in [0, 0.05) is 33.5 Å². The van der Waals surface area contributed by atoms with Crippen molar-refractivity contribution < 1.29 is 9.90 Å². The van der Waals surface area contributed by atoms with Gasteiger partial charge < -0.3 is 5.11 Å². The van der Waals surface area contributed by atoms with Crippen molar-refractivity contribution in [2.45, 2.75) is 6.54 Å². The van der Waals surface area contributed by atoms with Crippen LogP contribution < -0.4 is 5.56 Å². The van der Waals surface area contributed by atoms with Gasteiger partial charge in [-0.3, -0.25) is 14.2 Å². The molecule has 0 spiro atoms. The monoisotopic (exact) mass is 459 g/mol. The first-order chi connectivity index (χ1) is 14.4. The number of benzene rings is 2. The lowest BCUT2D eigenvalue weighted by Crippen LogP contribution is -2.27. The standard InChI is InChI=1S/C21H15Cl2N3O3S/c22-15-5-1-13(2-6-15)19-17(11-24)21(29)26(9-10-30-12-18(27)28)20(25-19)14-3-7-16(23)8-4-14/h1-8H,9-10,12H2,(H,27,28). The molecule has 3 rings (SSSR count). The Balaban J connectivity index is 2.15. The Bertz CT molecular complexity index is 1170. The summed E-state index contributed by atoms with van der Waals surface area (Å²) in [5.41, 5.74) is 0.935. The number of rotatable bonds is 7. The molecule has 3 aromatic rings. The number of carbonyl (C=O) groups is 1. The Morgan fingerprint density at radius 3 is 2.17 bits per heavy atom. The van der Waals surface area contributed by atoms with Crippen LogP contribution in [0.3, 0.4) is 0 Å². The topological polar surface area (TPSA) is 96.0 Å². The van der Waals surface area contributed by atoms with E-state index < -0.39 is 11.5 Å². The smallest absolute Gasteiger partial charge is 0.313 e. The highest BCUT2D eigenvalue weighted by atomic mass is 35.5. The van der Waals surface area contributed by atoms with Gasteiger partial charge in [-0.15, -0.1) is 11.8 Å². The number of hydrogen-bond acceptors (Lipinski definition) is 5. The minimum absolute atomic E-state index is 0.0770. The van der Waals surface area contributed by atoms with E-state index in [4.69, 9.17) is 28.3 Å². The van der Waals surface area contributed by atoms with Gasteiger partial charge in [0.25, 0.3) is 5.56 Å². The summed E-state index contributed by atoms with van der Waals surface area (Å²) in [5.74, 6) is -0.262. The summed E-state index contributed by atoms with van der Waals surface area (Å²) in [6.45, 7) is 0.206. The Kier molecular flexibility index (Phi) is 7.16. The van der Waals surface area contributed by atoms with E-state index in [1.54, 1.807) is 48.5 Å². The number of halogens is 2. The molecule has 0 fully saturated rings. The molecule has 1 aromatic heterocycles. The molecule has 0 aliphatic heterocycles. The van der Waals surface area contributed by atoms with Crippen LogP contribution in [-0.2, 0) is 11.3 Å². The van der Waals surface area contributed by atoms with Crippen LogP contribution in [0.4, 0.5) is 0 Å². The molecule has 0 saturated heterocycles. The van der Waals surface area contributed by atoms with Crippen LogP contribution in [-0.4, -0.2) is 32.1 Å². The van der Waals surface area contributed by atoms with Crippen LogP contribution in [0.5, 0.6) is 0 Å². The highest BCUT2D eigenvalue weighted by Crippen LogP contribution is 2.26. The molecule has 6 nitrogen and oxygen atoms in total. The van der Waals surface area contributed by atoms with Crippen molar-refractivity contribution >= 4 is 40.9 Å². The fourth-order valence-electron chi connectivity index (χ4n) is 2.81. The van der Waals surface area contributed by atoms with Crippen molar-refractivity contribution in [3.63, 3.8) is 0 Å². The van der Waals surface area contributed by atoms with Crippen LogP contribution in [0.2, 0.25) is 10.0 Å². The van der Waals surface area contributed by atoms with E-state index in [0.717, 1.165) is 0 Å². The molecule has 1 N–H and O–H groups in total. The molecule has 9 heteroatoms. The number of thioether (sulfide) groups is 1. The van der Waals surface area contributed by atoms with Crippen molar-refractivity contribution in [2.24, 2.45) is 0 Å². The summed E-state index contributed by atoms with van der Waals surface area (Å²) in [6.07, 6.45) is 0. The fourth-order valence-corrected chi connectivity index (χ4v) is 3.70. The highest BCUT2D eigenvalue weighted by molar-refractivity contribution is 7.99.